The number of carbonyl (C=O) groups excluding carboxylic acids is 2. The quantitative estimate of drug-likeness (QED) is 0.266. The van der Waals surface area contributed by atoms with Gasteiger partial charge in [0, 0.05) is 11.5 Å². The minimum Gasteiger partial charge on any atom is -0.460 e. The molecule has 1 aliphatic carbocycles. The summed E-state index contributed by atoms with van der Waals surface area (Å²) in [6.45, 7) is 3.99. The third kappa shape index (κ3) is 2.87. The predicted octanol–water partition coefficient (Wildman–Crippen LogP) is 2.23. The summed E-state index contributed by atoms with van der Waals surface area (Å²) >= 11 is 0. The molecular weight excluding hydrogens is 242 g/mol. The van der Waals surface area contributed by atoms with Crippen molar-refractivity contribution in [3.05, 3.63) is 53.6 Å². The van der Waals surface area contributed by atoms with E-state index in [2.05, 4.69) is 11.6 Å². The Morgan fingerprint density at radius 3 is 3.00 bits per heavy atom. The molecule has 1 aliphatic rings. The Morgan fingerprint density at radius 1 is 1.42 bits per heavy atom. The van der Waals surface area contributed by atoms with Crippen LogP contribution in [0.4, 0.5) is 0 Å². The van der Waals surface area contributed by atoms with Crippen LogP contribution in [0.3, 0.4) is 0 Å². The van der Waals surface area contributed by atoms with Crippen molar-refractivity contribution in [2.24, 2.45) is 4.99 Å². The number of benzene rings is 1. The lowest BCUT2D eigenvalue weighted by atomic mass is 9.94. The van der Waals surface area contributed by atoms with Crippen LogP contribution < -0.4 is 0 Å². The average Bonchev–Trinajstić information content (AvgIpc) is 2.86. The molecule has 0 heterocycles. The molecule has 0 bridgehead atoms. The predicted molar refractivity (Wildman–Crippen MR) is 71.3 cm³/mol. The number of nitrogens with zero attached hydrogens (tertiary/aromatic N) is 1. The molecule has 0 radical (unpaired) electrons. The van der Waals surface area contributed by atoms with Crippen LogP contribution >= 0.6 is 0 Å². The van der Waals surface area contributed by atoms with Gasteiger partial charge in [-0.2, -0.15) is 0 Å². The van der Waals surface area contributed by atoms with Gasteiger partial charge in [0.05, 0.1) is 6.54 Å². The van der Waals surface area contributed by atoms with E-state index < -0.39 is 5.97 Å². The maximum Gasteiger partial charge on any atom is 0.334 e. The van der Waals surface area contributed by atoms with E-state index in [1.165, 1.54) is 6.08 Å². The first-order valence-corrected chi connectivity index (χ1v) is 5.90. The zero-order valence-electron chi connectivity index (χ0n) is 10.3. The second kappa shape index (κ2) is 5.94. The largest absolute Gasteiger partial charge is 0.460 e. The highest BCUT2D eigenvalue weighted by molar-refractivity contribution is 5.91. The summed E-state index contributed by atoms with van der Waals surface area (Å²) in [5.74, 6) is -0.606. The number of aliphatic imine (C=N–C) groups is 1. The fourth-order valence-electron chi connectivity index (χ4n) is 2.00. The first-order chi connectivity index (χ1) is 9.24. The molecule has 0 fully saturated rings. The zero-order valence-corrected chi connectivity index (χ0v) is 10.3. The number of carbonyl (C=O) groups is 1. The molecule has 96 valence electrons. The van der Waals surface area contributed by atoms with E-state index in [4.69, 9.17) is 4.74 Å². The Labute approximate surface area is 111 Å². The molecule has 0 amide bonds. The molecule has 4 heteroatoms. The minimum absolute atomic E-state index is 0.0607. The SMILES string of the molecule is C=C(C(=O)OCCN=C=O)C1C=Cc2ccccc21. The molecule has 0 saturated heterocycles. The number of allylic oxidation sites excluding steroid dienone is 1. The van der Waals surface area contributed by atoms with Crippen LogP contribution in [-0.4, -0.2) is 25.2 Å². The molecule has 0 N–H and O–H groups in total. The van der Waals surface area contributed by atoms with Gasteiger partial charge in [0.1, 0.15) is 6.61 Å². The Kier molecular flexibility index (Phi) is 4.06. The lowest BCUT2D eigenvalue weighted by molar-refractivity contribution is -0.138. The van der Waals surface area contributed by atoms with Crippen LogP contribution in [-0.2, 0) is 14.3 Å². The molecule has 0 spiro atoms. The highest BCUT2D eigenvalue weighted by atomic mass is 16.5. The Hall–Kier alpha value is -2.45. The zero-order chi connectivity index (χ0) is 13.7. The van der Waals surface area contributed by atoms with Crippen LogP contribution in [0.15, 0.2) is 47.5 Å². The lowest BCUT2D eigenvalue weighted by Gasteiger charge is -2.13. The highest BCUT2D eigenvalue weighted by Gasteiger charge is 2.24. The molecule has 0 aliphatic heterocycles. The van der Waals surface area contributed by atoms with Gasteiger partial charge in [-0.15, -0.1) is 0 Å². The fraction of sp³-hybridized carbons (Fsp3) is 0.200. The molecule has 1 unspecified atom stereocenters. The van der Waals surface area contributed by atoms with Gasteiger partial charge in [0.15, 0.2) is 0 Å². The molecule has 1 aromatic rings. The Balaban J connectivity index is 2.00. The van der Waals surface area contributed by atoms with Gasteiger partial charge in [0.25, 0.3) is 0 Å². The maximum atomic E-state index is 11.8. The van der Waals surface area contributed by atoms with Gasteiger partial charge >= 0.3 is 5.97 Å². The smallest absolute Gasteiger partial charge is 0.334 e. The van der Waals surface area contributed by atoms with E-state index in [0.717, 1.165) is 11.1 Å². The molecule has 2 rings (SSSR count). The number of fused-ring (bicyclic) bond motifs is 1. The second-order valence-electron chi connectivity index (χ2n) is 4.10. The van der Waals surface area contributed by atoms with Crippen LogP contribution in [0, 0.1) is 0 Å². The lowest BCUT2D eigenvalue weighted by Crippen LogP contribution is -2.14. The van der Waals surface area contributed by atoms with Gasteiger partial charge in [-0.05, 0) is 11.1 Å². The Bertz CT molecular complexity index is 583. The van der Waals surface area contributed by atoms with E-state index >= 15 is 0 Å². The Morgan fingerprint density at radius 2 is 2.21 bits per heavy atom. The van der Waals surface area contributed by atoms with E-state index in [9.17, 15) is 9.59 Å². The van der Waals surface area contributed by atoms with Gasteiger partial charge in [-0.3, -0.25) is 0 Å². The number of hydrogen-bond acceptors (Lipinski definition) is 4. The molecule has 0 aromatic heterocycles. The van der Waals surface area contributed by atoms with Crippen molar-refractivity contribution >= 4 is 18.1 Å². The molecule has 0 saturated carbocycles. The molecule has 1 aromatic carbocycles. The van der Waals surface area contributed by atoms with E-state index in [1.807, 2.05) is 36.4 Å². The van der Waals surface area contributed by atoms with Crippen molar-refractivity contribution in [1.82, 2.24) is 0 Å². The summed E-state index contributed by atoms with van der Waals surface area (Å²) in [6.07, 6.45) is 5.28. The van der Waals surface area contributed by atoms with Gasteiger partial charge in [-0.25, -0.2) is 14.6 Å². The number of ether oxygens (including phenoxy) is 1. The first kappa shape index (κ1) is 13.0. The molecule has 19 heavy (non-hydrogen) atoms. The fourth-order valence-corrected chi connectivity index (χ4v) is 2.00. The molecule has 4 nitrogen and oxygen atoms in total. The van der Waals surface area contributed by atoms with Gasteiger partial charge in [0.2, 0.25) is 6.08 Å². The van der Waals surface area contributed by atoms with Gasteiger partial charge in [-0.1, -0.05) is 43.0 Å². The summed E-state index contributed by atoms with van der Waals surface area (Å²) < 4.78 is 4.99. The van der Waals surface area contributed by atoms with Crippen molar-refractivity contribution in [3.63, 3.8) is 0 Å². The van der Waals surface area contributed by atoms with Crippen LogP contribution in [0.2, 0.25) is 0 Å². The van der Waals surface area contributed by atoms with Crippen molar-refractivity contribution < 1.29 is 14.3 Å². The van der Waals surface area contributed by atoms with Crippen molar-refractivity contribution in [2.45, 2.75) is 5.92 Å². The summed E-state index contributed by atoms with van der Waals surface area (Å²) in [7, 11) is 0. The normalized spacial score (nSPS) is 15.5. The summed E-state index contributed by atoms with van der Waals surface area (Å²) in [6, 6.07) is 7.83. The van der Waals surface area contributed by atoms with Crippen molar-refractivity contribution in [2.75, 3.05) is 13.2 Å². The van der Waals surface area contributed by atoms with E-state index in [-0.39, 0.29) is 19.1 Å². The monoisotopic (exact) mass is 255 g/mol. The third-order valence-corrected chi connectivity index (χ3v) is 2.94. The number of esters is 1. The third-order valence-electron chi connectivity index (χ3n) is 2.94. The molecule has 1 atom stereocenters. The summed E-state index contributed by atoms with van der Waals surface area (Å²) in [5.41, 5.74) is 2.53. The minimum atomic E-state index is -0.465. The van der Waals surface area contributed by atoms with Crippen molar-refractivity contribution in [1.29, 1.82) is 0 Å². The summed E-state index contributed by atoms with van der Waals surface area (Å²) in [5, 5.41) is 0. The standard InChI is InChI=1S/C15H13NO3/c1-11(15(18)19-9-8-16-10-17)13-7-6-12-4-2-3-5-14(12)13/h2-7,13H,1,8-9H2. The second-order valence-corrected chi connectivity index (χ2v) is 4.10. The number of rotatable bonds is 5. The molecular formula is C15H13NO3. The summed E-state index contributed by atoms with van der Waals surface area (Å²) in [4.78, 5) is 25.0. The number of hydrogen-bond donors (Lipinski definition) is 0. The first-order valence-electron chi connectivity index (χ1n) is 5.90. The maximum absolute atomic E-state index is 11.8. The van der Waals surface area contributed by atoms with Crippen LogP contribution in [0.1, 0.15) is 17.0 Å². The van der Waals surface area contributed by atoms with Gasteiger partial charge < -0.3 is 4.74 Å². The van der Waals surface area contributed by atoms with E-state index in [1.54, 1.807) is 0 Å². The number of isocyanates is 1. The van der Waals surface area contributed by atoms with E-state index in [0.29, 0.717) is 5.57 Å². The topological polar surface area (TPSA) is 55.7 Å². The van der Waals surface area contributed by atoms with Crippen LogP contribution in [0.25, 0.3) is 6.08 Å². The van der Waals surface area contributed by atoms with Crippen LogP contribution in [0.5, 0.6) is 0 Å². The highest BCUT2D eigenvalue weighted by Crippen LogP contribution is 2.34. The van der Waals surface area contributed by atoms with Crippen molar-refractivity contribution in [3.8, 4) is 0 Å². The average molecular weight is 255 g/mol.